The van der Waals surface area contributed by atoms with Crippen LogP contribution >= 0.6 is 0 Å². The zero-order valence-electron chi connectivity index (χ0n) is 10.5. The van der Waals surface area contributed by atoms with Crippen LogP contribution in [-0.2, 0) is 13.6 Å². The second-order valence-corrected chi connectivity index (χ2v) is 4.29. The number of nitrogens with one attached hydrogen (secondary N) is 2. The van der Waals surface area contributed by atoms with Crippen LogP contribution in [0.3, 0.4) is 0 Å². The van der Waals surface area contributed by atoms with Crippen LogP contribution in [0.4, 0.5) is 5.69 Å². The molecule has 0 atom stereocenters. The first-order valence-corrected chi connectivity index (χ1v) is 6.00. The molecule has 2 aromatic heterocycles. The highest BCUT2D eigenvalue weighted by atomic mass is 15.4. The fraction of sp³-hybridized carbons (Fsp3) is 0.154. The average Bonchev–Trinajstić information content (AvgIpc) is 3.08. The summed E-state index contributed by atoms with van der Waals surface area (Å²) in [6.07, 6.45) is 3.64. The zero-order chi connectivity index (χ0) is 13.1. The van der Waals surface area contributed by atoms with E-state index in [9.17, 15) is 0 Å². The van der Waals surface area contributed by atoms with Crippen molar-refractivity contribution in [1.82, 2.24) is 25.2 Å². The molecule has 0 aliphatic carbocycles. The van der Waals surface area contributed by atoms with Crippen molar-refractivity contribution < 1.29 is 0 Å². The number of anilines is 1. The van der Waals surface area contributed by atoms with Gasteiger partial charge in [-0.2, -0.15) is 5.10 Å². The molecule has 0 bridgehead atoms. The van der Waals surface area contributed by atoms with E-state index in [1.165, 1.54) is 0 Å². The van der Waals surface area contributed by atoms with E-state index in [-0.39, 0.29) is 0 Å². The van der Waals surface area contributed by atoms with Crippen LogP contribution in [0, 0.1) is 0 Å². The summed E-state index contributed by atoms with van der Waals surface area (Å²) in [6, 6.07) is 10.1. The number of hydrogen-bond acceptors (Lipinski definition) is 4. The number of aromatic amines is 1. The normalized spacial score (nSPS) is 10.6. The number of aryl methyl sites for hydroxylation is 1. The summed E-state index contributed by atoms with van der Waals surface area (Å²) in [5.41, 5.74) is 4.05. The fourth-order valence-corrected chi connectivity index (χ4v) is 1.88. The Balaban J connectivity index is 1.73. The molecule has 0 fully saturated rings. The summed E-state index contributed by atoms with van der Waals surface area (Å²) in [7, 11) is 1.86. The van der Waals surface area contributed by atoms with Gasteiger partial charge in [0.25, 0.3) is 0 Å². The van der Waals surface area contributed by atoms with Crippen molar-refractivity contribution in [2.75, 3.05) is 5.32 Å². The molecule has 0 spiro atoms. The molecule has 0 saturated heterocycles. The first-order valence-electron chi connectivity index (χ1n) is 6.00. The van der Waals surface area contributed by atoms with Gasteiger partial charge >= 0.3 is 0 Å². The predicted octanol–water partition coefficient (Wildman–Crippen LogP) is 1.82. The molecule has 0 saturated carbocycles. The molecule has 3 aromatic rings. The van der Waals surface area contributed by atoms with Gasteiger partial charge in [0.1, 0.15) is 5.69 Å². The lowest BCUT2D eigenvalue weighted by Gasteiger charge is -2.05. The predicted molar refractivity (Wildman–Crippen MR) is 72.4 cm³/mol. The molecule has 6 nitrogen and oxygen atoms in total. The summed E-state index contributed by atoms with van der Waals surface area (Å²) in [5.74, 6) is 0. The Morgan fingerprint density at radius 1 is 1.32 bits per heavy atom. The Morgan fingerprint density at radius 3 is 3.00 bits per heavy atom. The third-order valence-electron chi connectivity index (χ3n) is 2.80. The summed E-state index contributed by atoms with van der Waals surface area (Å²) < 4.78 is 1.69. The first-order chi connectivity index (χ1) is 9.31. The molecule has 0 unspecified atom stereocenters. The minimum absolute atomic E-state index is 0.653. The van der Waals surface area contributed by atoms with Gasteiger partial charge in [-0.3, -0.25) is 9.78 Å². The van der Waals surface area contributed by atoms with E-state index in [2.05, 4.69) is 31.9 Å². The SMILES string of the molecule is Cn1cc(CNc2cccc(-c3ccn[nH]3)c2)nn1. The monoisotopic (exact) mass is 254 g/mol. The maximum atomic E-state index is 4.04. The maximum Gasteiger partial charge on any atom is 0.102 e. The fourth-order valence-electron chi connectivity index (χ4n) is 1.88. The van der Waals surface area contributed by atoms with Gasteiger partial charge in [0.15, 0.2) is 0 Å². The van der Waals surface area contributed by atoms with Crippen LogP contribution in [0.25, 0.3) is 11.3 Å². The second-order valence-electron chi connectivity index (χ2n) is 4.29. The van der Waals surface area contributed by atoms with Gasteiger partial charge < -0.3 is 5.32 Å². The van der Waals surface area contributed by atoms with E-state index in [1.807, 2.05) is 37.5 Å². The van der Waals surface area contributed by atoms with E-state index in [0.717, 1.165) is 22.6 Å². The lowest BCUT2D eigenvalue weighted by Crippen LogP contribution is -1.99. The molecule has 1 aromatic carbocycles. The van der Waals surface area contributed by atoms with Crippen molar-refractivity contribution in [2.45, 2.75) is 6.54 Å². The van der Waals surface area contributed by atoms with Crippen LogP contribution in [0.15, 0.2) is 42.7 Å². The Labute approximate surface area is 110 Å². The molecular weight excluding hydrogens is 240 g/mol. The highest BCUT2D eigenvalue weighted by Gasteiger charge is 2.01. The van der Waals surface area contributed by atoms with Crippen LogP contribution in [0.2, 0.25) is 0 Å². The molecule has 0 amide bonds. The molecule has 96 valence electrons. The van der Waals surface area contributed by atoms with Gasteiger partial charge in [-0.25, -0.2) is 0 Å². The van der Waals surface area contributed by atoms with Gasteiger partial charge in [-0.1, -0.05) is 17.3 Å². The van der Waals surface area contributed by atoms with Crippen LogP contribution < -0.4 is 5.32 Å². The van der Waals surface area contributed by atoms with Gasteiger partial charge in [-0.15, -0.1) is 5.10 Å². The Kier molecular flexibility index (Phi) is 2.97. The topological polar surface area (TPSA) is 71.4 Å². The first kappa shape index (κ1) is 11.5. The van der Waals surface area contributed by atoms with Gasteiger partial charge in [0.2, 0.25) is 0 Å². The maximum absolute atomic E-state index is 4.04. The highest BCUT2D eigenvalue weighted by molar-refractivity contribution is 5.64. The van der Waals surface area contributed by atoms with E-state index < -0.39 is 0 Å². The lowest BCUT2D eigenvalue weighted by atomic mass is 10.1. The number of aromatic nitrogens is 5. The second kappa shape index (κ2) is 4.93. The van der Waals surface area contributed by atoms with Crippen molar-refractivity contribution in [1.29, 1.82) is 0 Å². The molecular formula is C13H14N6. The summed E-state index contributed by atoms with van der Waals surface area (Å²) >= 11 is 0. The van der Waals surface area contributed by atoms with E-state index >= 15 is 0 Å². The largest absolute Gasteiger partial charge is 0.379 e. The minimum Gasteiger partial charge on any atom is -0.379 e. The van der Waals surface area contributed by atoms with Crippen LogP contribution in [0.5, 0.6) is 0 Å². The summed E-state index contributed by atoms with van der Waals surface area (Å²) in [6.45, 7) is 0.653. The quantitative estimate of drug-likeness (QED) is 0.745. The average molecular weight is 254 g/mol. The van der Waals surface area contributed by atoms with Gasteiger partial charge in [0.05, 0.1) is 12.2 Å². The molecule has 19 heavy (non-hydrogen) atoms. The zero-order valence-corrected chi connectivity index (χ0v) is 10.5. The third-order valence-corrected chi connectivity index (χ3v) is 2.80. The molecule has 2 heterocycles. The van der Waals surface area contributed by atoms with Gasteiger partial charge in [0, 0.05) is 30.7 Å². The number of nitrogens with zero attached hydrogens (tertiary/aromatic N) is 4. The number of H-pyrrole nitrogens is 1. The van der Waals surface area contributed by atoms with Crippen LogP contribution in [0.1, 0.15) is 5.69 Å². The van der Waals surface area contributed by atoms with E-state index in [4.69, 9.17) is 0 Å². The molecule has 2 N–H and O–H groups in total. The van der Waals surface area contributed by atoms with Crippen molar-refractivity contribution >= 4 is 5.69 Å². The number of hydrogen-bond donors (Lipinski definition) is 2. The molecule has 0 radical (unpaired) electrons. The summed E-state index contributed by atoms with van der Waals surface area (Å²) in [4.78, 5) is 0. The lowest BCUT2D eigenvalue weighted by molar-refractivity contribution is 0.713. The smallest absolute Gasteiger partial charge is 0.102 e. The van der Waals surface area contributed by atoms with Crippen molar-refractivity contribution in [2.24, 2.45) is 7.05 Å². The standard InChI is InChI=1S/C13H14N6/c1-19-9-12(16-18-19)8-14-11-4-2-3-10(7-11)13-5-6-15-17-13/h2-7,9,14H,8H2,1H3,(H,15,17). The third kappa shape index (κ3) is 2.62. The number of rotatable bonds is 4. The molecule has 0 aliphatic heterocycles. The number of benzene rings is 1. The Hall–Kier alpha value is -2.63. The highest BCUT2D eigenvalue weighted by Crippen LogP contribution is 2.20. The minimum atomic E-state index is 0.653. The van der Waals surface area contributed by atoms with E-state index in [1.54, 1.807) is 10.9 Å². The molecule has 0 aliphatic rings. The van der Waals surface area contributed by atoms with E-state index in [0.29, 0.717) is 6.54 Å². The van der Waals surface area contributed by atoms with Gasteiger partial charge in [-0.05, 0) is 18.2 Å². The molecule has 3 rings (SSSR count). The Morgan fingerprint density at radius 2 is 2.26 bits per heavy atom. The molecule has 6 heteroatoms. The van der Waals surface area contributed by atoms with Crippen molar-refractivity contribution in [3.05, 3.63) is 48.4 Å². The van der Waals surface area contributed by atoms with Crippen LogP contribution in [-0.4, -0.2) is 25.2 Å². The van der Waals surface area contributed by atoms with Crippen molar-refractivity contribution in [3.8, 4) is 11.3 Å². The van der Waals surface area contributed by atoms with Crippen molar-refractivity contribution in [3.63, 3.8) is 0 Å². The Bertz CT molecular complexity index is 655. The summed E-state index contributed by atoms with van der Waals surface area (Å²) in [5, 5.41) is 18.2.